The Bertz CT molecular complexity index is 282. The minimum Gasteiger partial charge on any atom is -0.348 e. The van der Waals surface area contributed by atoms with Gasteiger partial charge in [-0.15, -0.1) is 11.3 Å². The standard InChI is InChI=1S/C10H16N2OS/c1-4-8(7(2)3)12-10(13)9-5-14-6-11-9/h5-8H,4H2,1-3H3,(H,12,13). The van der Waals surface area contributed by atoms with Crippen LogP contribution in [0.2, 0.25) is 0 Å². The Balaban J connectivity index is 2.56. The van der Waals surface area contributed by atoms with Crippen molar-refractivity contribution >= 4 is 17.2 Å². The molecule has 4 heteroatoms. The van der Waals surface area contributed by atoms with Crippen molar-refractivity contribution < 1.29 is 4.79 Å². The van der Waals surface area contributed by atoms with Crippen molar-refractivity contribution in [1.29, 1.82) is 0 Å². The fourth-order valence-corrected chi connectivity index (χ4v) is 1.84. The molecule has 1 N–H and O–H groups in total. The SMILES string of the molecule is CCC(NC(=O)c1cscn1)C(C)C. The van der Waals surface area contributed by atoms with Gasteiger partial charge in [0.15, 0.2) is 0 Å². The molecule has 0 spiro atoms. The number of hydrogen-bond donors (Lipinski definition) is 1. The molecular formula is C10H16N2OS. The summed E-state index contributed by atoms with van der Waals surface area (Å²) < 4.78 is 0. The van der Waals surface area contributed by atoms with Gasteiger partial charge < -0.3 is 5.32 Å². The minimum atomic E-state index is -0.0631. The molecule has 0 fully saturated rings. The lowest BCUT2D eigenvalue weighted by atomic mass is 10.0. The van der Waals surface area contributed by atoms with E-state index in [1.807, 2.05) is 0 Å². The lowest BCUT2D eigenvalue weighted by Gasteiger charge is -2.19. The van der Waals surface area contributed by atoms with Crippen LogP contribution >= 0.6 is 11.3 Å². The number of carbonyl (C=O) groups is 1. The molecule has 14 heavy (non-hydrogen) atoms. The molecule has 0 aliphatic carbocycles. The molecule has 0 aromatic carbocycles. The molecule has 1 atom stereocenters. The zero-order chi connectivity index (χ0) is 10.6. The number of aromatic nitrogens is 1. The van der Waals surface area contributed by atoms with Crippen LogP contribution in [0.15, 0.2) is 10.9 Å². The maximum Gasteiger partial charge on any atom is 0.270 e. The summed E-state index contributed by atoms with van der Waals surface area (Å²) in [6.45, 7) is 6.29. The van der Waals surface area contributed by atoms with E-state index in [1.54, 1.807) is 10.9 Å². The van der Waals surface area contributed by atoms with E-state index in [1.165, 1.54) is 11.3 Å². The Kier molecular flexibility index (Phi) is 4.07. The molecular weight excluding hydrogens is 196 g/mol. The third-order valence-corrected chi connectivity index (χ3v) is 2.81. The number of nitrogens with one attached hydrogen (secondary N) is 1. The first kappa shape index (κ1) is 11.2. The molecule has 0 aliphatic heterocycles. The highest BCUT2D eigenvalue weighted by Gasteiger charge is 2.15. The maximum absolute atomic E-state index is 11.6. The zero-order valence-corrected chi connectivity index (χ0v) is 9.60. The monoisotopic (exact) mass is 212 g/mol. The van der Waals surface area contributed by atoms with Gasteiger partial charge in [0, 0.05) is 11.4 Å². The second kappa shape index (κ2) is 5.10. The summed E-state index contributed by atoms with van der Waals surface area (Å²) in [7, 11) is 0. The summed E-state index contributed by atoms with van der Waals surface area (Å²) in [5.74, 6) is 0.398. The van der Waals surface area contributed by atoms with Gasteiger partial charge in [-0.3, -0.25) is 4.79 Å². The summed E-state index contributed by atoms with van der Waals surface area (Å²) >= 11 is 1.44. The molecule has 0 bridgehead atoms. The molecule has 1 rings (SSSR count). The number of rotatable bonds is 4. The Morgan fingerprint density at radius 2 is 2.36 bits per heavy atom. The van der Waals surface area contributed by atoms with Gasteiger partial charge in [-0.05, 0) is 12.3 Å². The highest BCUT2D eigenvalue weighted by Crippen LogP contribution is 2.07. The average molecular weight is 212 g/mol. The first-order valence-corrected chi connectivity index (χ1v) is 5.78. The molecule has 1 heterocycles. The van der Waals surface area contributed by atoms with Crippen molar-refractivity contribution in [2.45, 2.75) is 33.2 Å². The quantitative estimate of drug-likeness (QED) is 0.832. The van der Waals surface area contributed by atoms with E-state index in [0.717, 1.165) is 6.42 Å². The Labute approximate surface area is 88.6 Å². The highest BCUT2D eigenvalue weighted by atomic mass is 32.1. The van der Waals surface area contributed by atoms with Gasteiger partial charge >= 0.3 is 0 Å². The molecule has 0 saturated heterocycles. The molecule has 78 valence electrons. The third-order valence-electron chi connectivity index (χ3n) is 2.23. The first-order chi connectivity index (χ1) is 6.65. The van der Waals surface area contributed by atoms with Gasteiger partial charge in [-0.25, -0.2) is 4.98 Å². The summed E-state index contributed by atoms with van der Waals surface area (Å²) in [6, 6.07) is 0.240. The molecule has 3 nitrogen and oxygen atoms in total. The van der Waals surface area contributed by atoms with E-state index in [-0.39, 0.29) is 11.9 Å². The van der Waals surface area contributed by atoms with Gasteiger partial charge in [0.25, 0.3) is 5.91 Å². The normalized spacial score (nSPS) is 12.9. The topological polar surface area (TPSA) is 42.0 Å². The van der Waals surface area contributed by atoms with Crippen LogP contribution in [-0.2, 0) is 0 Å². The third kappa shape index (κ3) is 2.80. The van der Waals surface area contributed by atoms with Crippen molar-refractivity contribution in [3.05, 3.63) is 16.6 Å². The van der Waals surface area contributed by atoms with Crippen molar-refractivity contribution in [2.24, 2.45) is 5.92 Å². The van der Waals surface area contributed by atoms with Crippen LogP contribution in [0.1, 0.15) is 37.7 Å². The van der Waals surface area contributed by atoms with Crippen molar-refractivity contribution in [3.63, 3.8) is 0 Å². The maximum atomic E-state index is 11.6. The molecule has 0 radical (unpaired) electrons. The van der Waals surface area contributed by atoms with Crippen LogP contribution in [0.3, 0.4) is 0 Å². The second-order valence-corrected chi connectivity index (χ2v) is 4.32. The van der Waals surface area contributed by atoms with Crippen molar-refractivity contribution in [3.8, 4) is 0 Å². The molecule has 1 unspecified atom stereocenters. The molecule has 1 amide bonds. The molecule has 0 aliphatic rings. The number of amides is 1. The predicted molar refractivity (Wildman–Crippen MR) is 58.5 cm³/mol. The van der Waals surface area contributed by atoms with Gasteiger partial charge in [-0.1, -0.05) is 20.8 Å². The van der Waals surface area contributed by atoms with E-state index >= 15 is 0 Å². The number of thiazole rings is 1. The van der Waals surface area contributed by atoms with Crippen LogP contribution in [0.25, 0.3) is 0 Å². The van der Waals surface area contributed by atoms with Crippen LogP contribution in [-0.4, -0.2) is 16.9 Å². The molecule has 1 aromatic heterocycles. The minimum absolute atomic E-state index is 0.0631. The molecule has 0 saturated carbocycles. The van der Waals surface area contributed by atoms with E-state index in [9.17, 15) is 4.79 Å². The fourth-order valence-electron chi connectivity index (χ4n) is 1.31. The summed E-state index contributed by atoms with van der Waals surface area (Å²) in [4.78, 5) is 15.6. The Hall–Kier alpha value is -0.900. The zero-order valence-electron chi connectivity index (χ0n) is 8.78. The van der Waals surface area contributed by atoms with E-state index in [4.69, 9.17) is 0 Å². The van der Waals surface area contributed by atoms with E-state index in [2.05, 4.69) is 31.1 Å². The van der Waals surface area contributed by atoms with E-state index in [0.29, 0.717) is 11.6 Å². The van der Waals surface area contributed by atoms with Crippen LogP contribution < -0.4 is 5.32 Å². The van der Waals surface area contributed by atoms with Crippen LogP contribution in [0.5, 0.6) is 0 Å². The van der Waals surface area contributed by atoms with Gasteiger partial charge in [0.05, 0.1) is 5.51 Å². The largest absolute Gasteiger partial charge is 0.348 e. The van der Waals surface area contributed by atoms with Gasteiger partial charge in [0.2, 0.25) is 0 Å². The smallest absolute Gasteiger partial charge is 0.270 e. The lowest BCUT2D eigenvalue weighted by Crippen LogP contribution is -2.38. The van der Waals surface area contributed by atoms with Crippen molar-refractivity contribution in [2.75, 3.05) is 0 Å². The summed E-state index contributed by atoms with van der Waals surface area (Å²) in [5, 5.41) is 4.74. The summed E-state index contributed by atoms with van der Waals surface area (Å²) in [6.07, 6.45) is 0.952. The predicted octanol–water partition coefficient (Wildman–Crippen LogP) is 2.31. The molecule has 1 aromatic rings. The fraction of sp³-hybridized carbons (Fsp3) is 0.600. The van der Waals surface area contributed by atoms with Crippen LogP contribution in [0.4, 0.5) is 0 Å². The van der Waals surface area contributed by atoms with Gasteiger partial charge in [-0.2, -0.15) is 0 Å². The van der Waals surface area contributed by atoms with Crippen molar-refractivity contribution in [1.82, 2.24) is 10.3 Å². The van der Waals surface area contributed by atoms with Gasteiger partial charge in [0.1, 0.15) is 5.69 Å². The lowest BCUT2D eigenvalue weighted by molar-refractivity contribution is 0.0920. The Morgan fingerprint density at radius 3 is 2.79 bits per heavy atom. The average Bonchev–Trinajstić information content (AvgIpc) is 2.65. The van der Waals surface area contributed by atoms with E-state index < -0.39 is 0 Å². The number of hydrogen-bond acceptors (Lipinski definition) is 3. The number of nitrogens with zero attached hydrogens (tertiary/aromatic N) is 1. The Morgan fingerprint density at radius 1 is 1.64 bits per heavy atom. The highest BCUT2D eigenvalue weighted by molar-refractivity contribution is 7.07. The first-order valence-electron chi connectivity index (χ1n) is 4.84. The van der Waals surface area contributed by atoms with Crippen LogP contribution in [0, 0.1) is 5.92 Å². The number of carbonyl (C=O) groups excluding carboxylic acids is 1. The summed E-state index contributed by atoms with van der Waals surface area (Å²) in [5.41, 5.74) is 2.19. The second-order valence-electron chi connectivity index (χ2n) is 3.61.